The van der Waals surface area contributed by atoms with E-state index in [0.717, 1.165) is 18.4 Å². The number of benzene rings is 1. The van der Waals surface area contributed by atoms with Crippen LogP contribution in [0.3, 0.4) is 0 Å². The average molecular weight is 581 g/mol. The van der Waals surface area contributed by atoms with E-state index in [2.05, 4.69) is 6.92 Å². The molecular weight excluding hydrogens is 527 g/mol. The van der Waals surface area contributed by atoms with E-state index in [1.807, 2.05) is 41.0 Å². The number of phosphoric ester groups is 1. The highest BCUT2D eigenvalue weighted by atomic mass is 31.2. The van der Waals surface area contributed by atoms with Crippen LogP contribution < -0.4 is 14.0 Å². The standard InChI is InChI=1S/C31H53N2O6P/c1-4-5-6-7-8-9-10-11-12-13-14-15-16-17-23-37-26-31(36-3)27-38-40(34,35)39-30-20-18-19-29(24-30)25-33-22-21-32(2)28-33/h18-22,24,28,31H,4-17,23,25-27H2,1-3H3. The molecule has 2 aromatic rings. The smallest absolute Gasteiger partial charge is 0.319 e. The van der Waals surface area contributed by atoms with Crippen LogP contribution in [0.1, 0.15) is 102 Å². The van der Waals surface area contributed by atoms with E-state index >= 15 is 0 Å². The Hall–Kier alpha value is -1.70. The van der Waals surface area contributed by atoms with Crippen molar-refractivity contribution in [1.29, 1.82) is 0 Å². The summed E-state index contributed by atoms with van der Waals surface area (Å²) in [5, 5.41) is 0. The third-order valence-corrected chi connectivity index (χ3v) is 7.90. The van der Waals surface area contributed by atoms with Crippen molar-refractivity contribution in [2.45, 2.75) is 109 Å². The molecule has 0 fully saturated rings. The summed E-state index contributed by atoms with van der Waals surface area (Å²) in [6.45, 7) is 3.62. The van der Waals surface area contributed by atoms with E-state index in [9.17, 15) is 9.46 Å². The number of aromatic nitrogens is 2. The number of hydrogen-bond donors (Lipinski definition) is 0. The lowest BCUT2D eigenvalue weighted by Crippen LogP contribution is -2.26. The van der Waals surface area contributed by atoms with Gasteiger partial charge in [0.15, 0.2) is 0 Å². The van der Waals surface area contributed by atoms with Crippen molar-refractivity contribution >= 4 is 7.82 Å². The second-order valence-electron chi connectivity index (χ2n) is 10.8. The van der Waals surface area contributed by atoms with E-state index in [1.54, 1.807) is 18.2 Å². The van der Waals surface area contributed by atoms with E-state index in [-0.39, 0.29) is 19.0 Å². The lowest BCUT2D eigenvalue weighted by Gasteiger charge is -2.25. The summed E-state index contributed by atoms with van der Waals surface area (Å²) in [6.07, 6.45) is 23.8. The maximum Gasteiger partial charge on any atom is 0.319 e. The van der Waals surface area contributed by atoms with Gasteiger partial charge in [0, 0.05) is 13.7 Å². The fraction of sp³-hybridized carbons (Fsp3) is 0.710. The van der Waals surface area contributed by atoms with E-state index < -0.39 is 13.9 Å². The molecule has 0 bridgehead atoms. The maximum atomic E-state index is 12.4. The Morgan fingerprint density at radius 3 is 2.12 bits per heavy atom. The zero-order valence-corrected chi connectivity index (χ0v) is 26.0. The number of phosphoric acid groups is 1. The third kappa shape index (κ3) is 16.5. The summed E-state index contributed by atoms with van der Waals surface area (Å²) < 4.78 is 37.7. The Morgan fingerprint density at radius 1 is 0.925 bits per heavy atom. The minimum absolute atomic E-state index is 0.157. The summed E-state index contributed by atoms with van der Waals surface area (Å²) >= 11 is 0. The molecule has 0 N–H and O–H groups in total. The van der Waals surface area contributed by atoms with Gasteiger partial charge in [-0.3, -0.25) is 4.57 Å². The average Bonchev–Trinajstić information content (AvgIpc) is 3.34. The van der Waals surface area contributed by atoms with Gasteiger partial charge in [-0.2, -0.15) is 0 Å². The lowest BCUT2D eigenvalue weighted by atomic mass is 10.0. The third-order valence-electron chi connectivity index (χ3n) is 7.00. The van der Waals surface area contributed by atoms with Gasteiger partial charge in [0.25, 0.3) is 0 Å². The molecule has 2 unspecified atom stereocenters. The minimum atomic E-state index is -4.55. The molecular formula is C31H53N2O6P. The van der Waals surface area contributed by atoms with Crippen LogP contribution in [0.4, 0.5) is 0 Å². The van der Waals surface area contributed by atoms with Crippen molar-refractivity contribution < 1.29 is 32.5 Å². The number of rotatable bonds is 25. The number of methoxy groups -OCH3 is 1. The number of hydrogen-bond acceptors (Lipinski definition) is 6. The molecule has 8 nitrogen and oxygen atoms in total. The number of nitrogens with zero attached hydrogens (tertiary/aromatic N) is 2. The summed E-state index contributed by atoms with van der Waals surface area (Å²) in [5.41, 5.74) is 0.917. The van der Waals surface area contributed by atoms with Crippen LogP contribution in [0.5, 0.6) is 5.75 Å². The highest BCUT2D eigenvalue weighted by Crippen LogP contribution is 2.39. The molecule has 0 aliphatic carbocycles. The van der Waals surface area contributed by atoms with Gasteiger partial charge in [-0.25, -0.2) is 9.13 Å². The molecule has 0 aliphatic heterocycles. The quantitative estimate of drug-likeness (QED) is 0.0735. The fourth-order valence-electron chi connectivity index (χ4n) is 4.63. The monoisotopic (exact) mass is 580 g/mol. The molecule has 1 aromatic heterocycles. The molecule has 2 rings (SSSR count). The molecule has 0 amide bonds. The molecule has 9 heteroatoms. The first-order valence-electron chi connectivity index (χ1n) is 15.3. The summed E-state index contributed by atoms with van der Waals surface area (Å²) in [4.78, 5) is 12.4. The minimum Gasteiger partial charge on any atom is -0.746 e. The second kappa shape index (κ2) is 21.1. The first-order chi connectivity index (χ1) is 19.4. The van der Waals surface area contributed by atoms with Gasteiger partial charge < -0.3 is 23.4 Å². The highest BCUT2D eigenvalue weighted by molar-refractivity contribution is 7.46. The highest BCUT2D eigenvalue weighted by Gasteiger charge is 2.17. The molecule has 1 heterocycles. The Morgan fingerprint density at radius 2 is 1.55 bits per heavy atom. The van der Waals surface area contributed by atoms with Crippen LogP contribution >= 0.6 is 7.82 Å². The summed E-state index contributed by atoms with van der Waals surface area (Å²) in [5.74, 6) is 0.218. The molecule has 1 aromatic carbocycles. The normalized spacial score (nSPS) is 13.8. The zero-order chi connectivity index (χ0) is 28.9. The Bertz CT molecular complexity index is 953. The second-order valence-corrected chi connectivity index (χ2v) is 12.1. The van der Waals surface area contributed by atoms with Gasteiger partial charge in [0.05, 0.1) is 20.3 Å². The van der Waals surface area contributed by atoms with Crippen LogP contribution in [0.25, 0.3) is 0 Å². The molecule has 40 heavy (non-hydrogen) atoms. The number of imidazole rings is 1. The van der Waals surface area contributed by atoms with Gasteiger partial charge in [-0.05, 0) is 24.1 Å². The van der Waals surface area contributed by atoms with Gasteiger partial charge in [0.2, 0.25) is 6.33 Å². The zero-order valence-electron chi connectivity index (χ0n) is 25.1. The van der Waals surface area contributed by atoms with Crippen molar-refractivity contribution in [3.8, 4) is 5.75 Å². The largest absolute Gasteiger partial charge is 0.746 e. The van der Waals surface area contributed by atoms with Crippen LogP contribution in [-0.4, -0.2) is 37.6 Å². The SMILES string of the molecule is CCCCCCCCCCCCCCCCOCC(COP(=O)([O-])Oc1cccc(Cn2cc[n+](C)c2)c1)OC. The van der Waals surface area contributed by atoms with Crippen molar-refractivity contribution in [2.75, 3.05) is 26.9 Å². The van der Waals surface area contributed by atoms with Crippen LogP contribution in [0.2, 0.25) is 0 Å². The topological polar surface area (TPSA) is 85.9 Å². The number of unbranched alkanes of at least 4 members (excludes halogenated alkanes) is 13. The van der Waals surface area contributed by atoms with E-state index in [4.69, 9.17) is 18.5 Å². The summed E-state index contributed by atoms with van der Waals surface area (Å²) in [7, 11) is -1.09. The first-order valence-corrected chi connectivity index (χ1v) is 16.7. The van der Waals surface area contributed by atoms with Gasteiger partial charge in [-0.1, -0.05) is 103 Å². The van der Waals surface area contributed by atoms with Crippen molar-refractivity contribution in [3.63, 3.8) is 0 Å². The first kappa shape index (κ1) is 34.5. The van der Waals surface area contributed by atoms with Gasteiger partial charge >= 0.3 is 7.82 Å². The Labute approximate surface area is 242 Å². The van der Waals surface area contributed by atoms with Gasteiger partial charge in [-0.15, -0.1) is 0 Å². The molecule has 0 aliphatic rings. The maximum absolute atomic E-state index is 12.4. The van der Waals surface area contributed by atoms with E-state index in [0.29, 0.717) is 13.2 Å². The predicted octanol–water partition coefficient (Wildman–Crippen LogP) is 6.74. The fourth-order valence-corrected chi connectivity index (χ4v) is 5.41. The molecule has 2 atom stereocenters. The lowest BCUT2D eigenvalue weighted by molar-refractivity contribution is -0.671. The van der Waals surface area contributed by atoms with Crippen molar-refractivity contribution in [1.82, 2.24) is 4.57 Å². The number of aryl methyl sites for hydroxylation is 1. The summed E-state index contributed by atoms with van der Waals surface area (Å²) in [6, 6.07) is 6.97. The predicted molar refractivity (Wildman–Crippen MR) is 157 cm³/mol. The molecule has 0 spiro atoms. The van der Waals surface area contributed by atoms with Crippen LogP contribution in [-0.2, 0) is 32.2 Å². The Balaban J connectivity index is 1.50. The molecule has 0 radical (unpaired) electrons. The van der Waals surface area contributed by atoms with Crippen molar-refractivity contribution in [2.24, 2.45) is 7.05 Å². The van der Waals surface area contributed by atoms with Crippen LogP contribution in [0, 0.1) is 0 Å². The molecule has 0 saturated heterocycles. The van der Waals surface area contributed by atoms with E-state index in [1.165, 1.54) is 84.2 Å². The molecule has 0 saturated carbocycles. The number of ether oxygens (including phenoxy) is 2. The van der Waals surface area contributed by atoms with Crippen molar-refractivity contribution in [3.05, 3.63) is 48.5 Å². The molecule has 228 valence electrons. The van der Waals surface area contributed by atoms with Gasteiger partial charge in [0.1, 0.15) is 30.8 Å². The Kier molecular flexibility index (Phi) is 18.2. The van der Waals surface area contributed by atoms with Crippen LogP contribution in [0.15, 0.2) is 43.0 Å².